The van der Waals surface area contributed by atoms with Crippen molar-refractivity contribution in [2.75, 3.05) is 6.54 Å². The van der Waals surface area contributed by atoms with Crippen LogP contribution in [-0.2, 0) is 13.1 Å². The molecule has 0 saturated carbocycles. The van der Waals surface area contributed by atoms with Gasteiger partial charge in [0, 0.05) is 24.0 Å². The molecule has 3 heterocycles. The lowest BCUT2D eigenvalue weighted by Crippen LogP contribution is -2.38. The summed E-state index contributed by atoms with van der Waals surface area (Å²) in [6.07, 6.45) is 0. The second-order valence-electron chi connectivity index (χ2n) is 8.12. The van der Waals surface area contributed by atoms with Gasteiger partial charge < -0.3 is 9.47 Å². The summed E-state index contributed by atoms with van der Waals surface area (Å²) in [5.74, 6) is 1.53. The molecule has 1 aliphatic heterocycles. The van der Waals surface area contributed by atoms with Crippen LogP contribution in [0.1, 0.15) is 16.2 Å². The van der Waals surface area contributed by atoms with Gasteiger partial charge in [-0.2, -0.15) is 0 Å². The van der Waals surface area contributed by atoms with Crippen molar-refractivity contribution in [2.45, 2.75) is 13.1 Å². The predicted octanol–water partition coefficient (Wildman–Crippen LogP) is 4.82. The van der Waals surface area contributed by atoms with Crippen molar-refractivity contribution in [3.05, 3.63) is 102 Å². The predicted molar refractivity (Wildman–Crippen MR) is 127 cm³/mol. The summed E-state index contributed by atoms with van der Waals surface area (Å²) in [6.45, 7) is 1.64. The molecule has 1 amide bonds. The summed E-state index contributed by atoms with van der Waals surface area (Å²) in [5.41, 5.74) is 4.40. The highest BCUT2D eigenvalue weighted by Gasteiger charge is 2.27. The topological polar surface area (TPSA) is 63.9 Å². The third-order valence-corrected chi connectivity index (χ3v) is 6.11. The highest BCUT2D eigenvalue weighted by atomic mass is 16.2. The number of nitrogens with zero attached hydrogens (tertiary/aromatic N) is 5. The smallest absolute Gasteiger partial charge is 0.254 e. The number of para-hydroxylation sites is 1. The number of aromatic nitrogens is 4. The van der Waals surface area contributed by atoms with Crippen molar-refractivity contribution < 1.29 is 4.79 Å². The van der Waals surface area contributed by atoms with Crippen LogP contribution in [0.2, 0.25) is 0 Å². The molecule has 0 saturated heterocycles. The third kappa shape index (κ3) is 3.46. The lowest BCUT2D eigenvalue weighted by Gasteiger charge is -2.28. The van der Waals surface area contributed by atoms with E-state index in [2.05, 4.69) is 20.8 Å². The van der Waals surface area contributed by atoms with Crippen LogP contribution in [0.4, 0.5) is 0 Å². The second-order valence-corrected chi connectivity index (χ2v) is 8.12. The van der Waals surface area contributed by atoms with Crippen molar-refractivity contribution in [3.8, 4) is 22.6 Å². The number of carbonyl (C=O) groups is 1. The Bertz CT molecular complexity index is 1470. The van der Waals surface area contributed by atoms with E-state index >= 15 is 0 Å². The molecule has 1 aliphatic rings. The highest BCUT2D eigenvalue weighted by molar-refractivity contribution is 6.00. The summed E-state index contributed by atoms with van der Waals surface area (Å²) >= 11 is 0. The first-order valence-corrected chi connectivity index (χ1v) is 11.0. The van der Waals surface area contributed by atoms with Crippen LogP contribution >= 0.6 is 0 Å². The van der Waals surface area contributed by atoms with Gasteiger partial charge in [0.25, 0.3) is 5.91 Å². The fourth-order valence-corrected chi connectivity index (χ4v) is 4.42. The van der Waals surface area contributed by atoms with E-state index in [4.69, 9.17) is 4.98 Å². The Hall–Kier alpha value is -4.32. The fraction of sp³-hybridized carbons (Fsp3) is 0.111. The van der Waals surface area contributed by atoms with Crippen LogP contribution in [0.3, 0.4) is 0 Å². The first-order valence-electron chi connectivity index (χ1n) is 11.0. The summed E-state index contributed by atoms with van der Waals surface area (Å²) in [6, 6.07) is 29.9. The molecule has 0 atom stereocenters. The van der Waals surface area contributed by atoms with Crippen LogP contribution in [0.5, 0.6) is 0 Å². The number of rotatable bonds is 3. The van der Waals surface area contributed by atoms with E-state index in [-0.39, 0.29) is 5.91 Å². The fourth-order valence-electron chi connectivity index (χ4n) is 4.42. The zero-order chi connectivity index (χ0) is 22.2. The Balaban J connectivity index is 1.30. The molecule has 3 aromatic carbocycles. The molecule has 160 valence electrons. The summed E-state index contributed by atoms with van der Waals surface area (Å²) < 4.78 is 2.07. The maximum atomic E-state index is 13.5. The van der Waals surface area contributed by atoms with E-state index < -0.39 is 0 Å². The van der Waals surface area contributed by atoms with Crippen LogP contribution in [0.15, 0.2) is 91.0 Å². The van der Waals surface area contributed by atoms with Crippen molar-refractivity contribution >= 4 is 16.8 Å². The average Bonchev–Trinajstić information content (AvgIpc) is 3.32. The van der Waals surface area contributed by atoms with Crippen LogP contribution < -0.4 is 0 Å². The molecule has 0 aliphatic carbocycles. The van der Waals surface area contributed by atoms with Crippen molar-refractivity contribution in [1.29, 1.82) is 0 Å². The number of carbonyl (C=O) groups excluding carboxylic acids is 1. The van der Waals surface area contributed by atoms with E-state index in [9.17, 15) is 4.79 Å². The van der Waals surface area contributed by atoms with E-state index in [0.29, 0.717) is 25.2 Å². The number of fused-ring (bicyclic) bond motifs is 2. The molecule has 6 nitrogen and oxygen atoms in total. The third-order valence-electron chi connectivity index (χ3n) is 6.11. The lowest BCUT2D eigenvalue weighted by atomic mass is 9.98. The van der Waals surface area contributed by atoms with Crippen LogP contribution in [0.25, 0.3) is 33.5 Å². The lowest BCUT2D eigenvalue weighted by molar-refractivity contribution is 0.0708. The normalized spacial score (nSPS) is 13.2. The maximum Gasteiger partial charge on any atom is 0.254 e. The number of pyridine rings is 1. The second kappa shape index (κ2) is 7.98. The molecule has 6 rings (SSSR count). The monoisotopic (exact) mass is 431 g/mol. The van der Waals surface area contributed by atoms with E-state index in [1.54, 1.807) is 0 Å². The molecule has 0 N–H and O–H groups in total. The molecule has 6 heteroatoms. The van der Waals surface area contributed by atoms with Gasteiger partial charge in [0.15, 0.2) is 11.6 Å². The van der Waals surface area contributed by atoms with E-state index in [1.165, 1.54) is 0 Å². The standard InChI is InChI=1S/C27H21N5O/c33-27(22-12-6-5-11-21(22)19-8-2-1-3-9-19)31-16-17-32-25(18-31)29-30-26(32)24-15-14-20-10-4-7-13-23(20)28-24/h1-15H,16-18H2. The molecular weight excluding hydrogens is 410 g/mol. The van der Waals surface area contributed by atoms with Crippen molar-refractivity contribution in [2.24, 2.45) is 0 Å². The number of benzene rings is 3. The first kappa shape index (κ1) is 19.4. The minimum absolute atomic E-state index is 0.00841. The van der Waals surface area contributed by atoms with Crippen LogP contribution in [-0.4, -0.2) is 37.1 Å². The van der Waals surface area contributed by atoms with Gasteiger partial charge in [-0.3, -0.25) is 4.79 Å². The molecular formula is C27H21N5O. The largest absolute Gasteiger partial charge is 0.329 e. The number of hydrogen-bond acceptors (Lipinski definition) is 4. The van der Waals surface area contributed by atoms with E-state index in [1.807, 2.05) is 89.8 Å². The number of amides is 1. The summed E-state index contributed by atoms with van der Waals surface area (Å²) in [4.78, 5) is 20.1. The SMILES string of the molecule is O=C(c1ccccc1-c1ccccc1)N1CCn2c(nnc2-c2ccc3ccccc3n2)C1. The van der Waals surface area contributed by atoms with Crippen molar-refractivity contribution in [3.63, 3.8) is 0 Å². The van der Waals surface area contributed by atoms with Crippen LogP contribution in [0, 0.1) is 0 Å². The summed E-state index contributed by atoms with van der Waals surface area (Å²) in [7, 11) is 0. The highest BCUT2D eigenvalue weighted by Crippen LogP contribution is 2.27. The Kier molecular flexibility index (Phi) is 4.69. The molecule has 5 aromatic rings. The Morgan fingerprint density at radius 3 is 2.45 bits per heavy atom. The molecule has 2 aromatic heterocycles. The average molecular weight is 431 g/mol. The van der Waals surface area contributed by atoms with Gasteiger partial charge in [0.2, 0.25) is 0 Å². The van der Waals surface area contributed by atoms with Gasteiger partial charge in [-0.25, -0.2) is 4.98 Å². The molecule has 0 fully saturated rings. The first-order chi connectivity index (χ1) is 16.3. The molecule has 0 bridgehead atoms. The minimum atomic E-state index is 0.00841. The minimum Gasteiger partial charge on any atom is -0.329 e. The van der Waals surface area contributed by atoms with Gasteiger partial charge in [-0.1, -0.05) is 72.8 Å². The molecule has 0 unspecified atom stereocenters. The quantitative estimate of drug-likeness (QED) is 0.411. The molecule has 0 radical (unpaired) electrons. The van der Waals surface area contributed by atoms with Crippen molar-refractivity contribution in [1.82, 2.24) is 24.6 Å². The summed E-state index contributed by atoms with van der Waals surface area (Å²) in [5, 5.41) is 9.91. The van der Waals surface area contributed by atoms with Gasteiger partial charge >= 0.3 is 0 Å². The Morgan fingerprint density at radius 1 is 0.758 bits per heavy atom. The maximum absolute atomic E-state index is 13.5. The molecule has 33 heavy (non-hydrogen) atoms. The zero-order valence-corrected chi connectivity index (χ0v) is 17.9. The van der Waals surface area contributed by atoms with Gasteiger partial charge in [-0.05, 0) is 29.3 Å². The van der Waals surface area contributed by atoms with E-state index in [0.717, 1.165) is 39.4 Å². The van der Waals surface area contributed by atoms with Gasteiger partial charge in [0.05, 0.1) is 12.1 Å². The number of hydrogen-bond donors (Lipinski definition) is 0. The van der Waals surface area contributed by atoms with Gasteiger partial charge in [0.1, 0.15) is 5.69 Å². The van der Waals surface area contributed by atoms with Gasteiger partial charge in [-0.15, -0.1) is 10.2 Å². The molecule has 0 spiro atoms. The zero-order valence-electron chi connectivity index (χ0n) is 17.9. The Morgan fingerprint density at radius 2 is 1.55 bits per heavy atom. The Labute approximate surface area is 191 Å².